The molecule has 0 spiro atoms. The van der Waals surface area contributed by atoms with Gasteiger partial charge in [0.05, 0.1) is 0 Å². The molecule has 2 unspecified atom stereocenters. The highest BCUT2D eigenvalue weighted by Gasteiger charge is 2.21. The van der Waals surface area contributed by atoms with Crippen molar-refractivity contribution in [1.29, 1.82) is 0 Å². The van der Waals surface area contributed by atoms with E-state index in [-0.39, 0.29) is 15.8 Å². The fourth-order valence-corrected chi connectivity index (χ4v) is 2.91. The van der Waals surface area contributed by atoms with Crippen LogP contribution in [-0.4, -0.2) is 36.2 Å². The van der Waals surface area contributed by atoms with Crippen LogP contribution in [0.15, 0.2) is 25.3 Å². The number of aliphatic carboxylic acids is 2. The van der Waals surface area contributed by atoms with Crippen LogP contribution in [0.5, 0.6) is 0 Å². The van der Waals surface area contributed by atoms with Crippen LogP contribution < -0.4 is 12.3 Å². The zero-order valence-electron chi connectivity index (χ0n) is 9.57. The average Bonchev–Trinajstić information content (AvgIpc) is 2.21. The first kappa shape index (κ1) is 22.3. The van der Waals surface area contributed by atoms with Crippen LogP contribution in [0.1, 0.15) is 0 Å². The van der Waals surface area contributed by atoms with E-state index in [0.717, 1.165) is 23.5 Å². The highest BCUT2D eigenvalue weighted by Crippen LogP contribution is 2.26. The van der Waals surface area contributed by atoms with Crippen molar-refractivity contribution in [1.82, 2.24) is 12.3 Å². The van der Waals surface area contributed by atoms with Crippen molar-refractivity contribution < 1.29 is 19.8 Å². The van der Waals surface area contributed by atoms with Crippen LogP contribution in [0, 0.1) is 0 Å². The van der Waals surface area contributed by atoms with Gasteiger partial charge in [-0.1, -0.05) is 47.9 Å². The highest BCUT2D eigenvalue weighted by molar-refractivity contribution is 8.48. The Hall–Kier alpha value is -0.870. The number of rotatable bonds is 6. The maximum atomic E-state index is 10.7. The fraction of sp³-hybridized carbons (Fsp3) is 0.222. The summed E-state index contributed by atoms with van der Waals surface area (Å²) in [5.41, 5.74) is 0. The lowest BCUT2D eigenvalue weighted by molar-refractivity contribution is -0.136. The first-order chi connectivity index (χ1) is 7.42. The van der Waals surface area contributed by atoms with Crippen LogP contribution in [0.3, 0.4) is 0 Å². The van der Waals surface area contributed by atoms with Crippen LogP contribution in [0.25, 0.3) is 0 Å². The van der Waals surface area contributed by atoms with Gasteiger partial charge in [-0.05, 0) is 0 Å². The Morgan fingerprint density at radius 2 is 1.28 bits per heavy atom. The number of hydrogen-bond acceptors (Lipinski definition) is 7. The number of carbonyl (C=O) groups is 2. The molecule has 8 N–H and O–H groups in total. The van der Waals surface area contributed by atoms with Gasteiger partial charge in [-0.15, -0.1) is 13.2 Å². The van der Waals surface area contributed by atoms with E-state index in [2.05, 4.69) is 13.2 Å². The van der Waals surface area contributed by atoms with Gasteiger partial charge in [-0.2, -0.15) is 0 Å². The van der Waals surface area contributed by atoms with Gasteiger partial charge in [0.25, 0.3) is 0 Å². The van der Waals surface area contributed by atoms with E-state index in [1.54, 1.807) is 0 Å². The molecule has 18 heavy (non-hydrogen) atoms. The number of hydrogen-bond donors (Lipinski definition) is 4. The maximum absolute atomic E-state index is 10.7. The van der Waals surface area contributed by atoms with Crippen LogP contribution >= 0.6 is 35.7 Å². The summed E-state index contributed by atoms with van der Waals surface area (Å²) >= 11 is 6.64. The van der Waals surface area contributed by atoms with Crippen LogP contribution in [-0.2, 0) is 9.59 Å². The molecule has 104 valence electrons. The molecular formula is C9H16N2O4S3. The van der Waals surface area contributed by atoms with Crippen molar-refractivity contribution in [3.63, 3.8) is 0 Å². The number of thioether (sulfide) groups is 2. The summed E-state index contributed by atoms with van der Waals surface area (Å²) in [6.45, 7) is 6.73. The molecule has 0 aromatic heterocycles. The molecule has 0 aliphatic heterocycles. The lowest BCUT2D eigenvalue weighted by atomic mass is 10.4. The molecule has 0 saturated heterocycles. The molecule has 0 saturated carbocycles. The molecule has 0 aliphatic rings. The van der Waals surface area contributed by atoms with E-state index in [4.69, 9.17) is 22.4 Å². The minimum atomic E-state index is -1.06. The predicted octanol–water partition coefficient (Wildman–Crippen LogP) is 2.34. The third-order valence-corrected chi connectivity index (χ3v) is 4.20. The standard InChI is InChI=1S/C9H10O4S3.2H3N/c1-3-5(7(10)11)15-9(14)16-6(4-2)8(12)13;;/h3-6H,1-2H2,(H,10,11)(H,12,13);2*1H3. The van der Waals surface area contributed by atoms with Crippen LogP contribution in [0.4, 0.5) is 0 Å². The van der Waals surface area contributed by atoms with Gasteiger partial charge in [0.2, 0.25) is 0 Å². The Labute approximate surface area is 119 Å². The summed E-state index contributed by atoms with van der Waals surface area (Å²) in [6, 6.07) is 0. The number of carboxylic acids is 2. The first-order valence-electron chi connectivity index (χ1n) is 4.00. The molecule has 0 aromatic rings. The van der Waals surface area contributed by atoms with E-state index >= 15 is 0 Å². The van der Waals surface area contributed by atoms with Crippen molar-refractivity contribution in [3.05, 3.63) is 25.3 Å². The molecule has 0 radical (unpaired) electrons. The normalized spacial score (nSPS) is 12.0. The Morgan fingerprint density at radius 1 is 1.00 bits per heavy atom. The molecule has 0 aliphatic carbocycles. The van der Waals surface area contributed by atoms with E-state index in [1.807, 2.05) is 0 Å². The van der Waals surface area contributed by atoms with E-state index in [9.17, 15) is 9.59 Å². The molecule has 0 aromatic carbocycles. The Morgan fingerprint density at radius 3 is 1.44 bits per heavy atom. The summed E-state index contributed by atoms with van der Waals surface area (Å²) in [7, 11) is 0. The summed E-state index contributed by atoms with van der Waals surface area (Å²) < 4.78 is 0.236. The Bertz CT molecular complexity index is 306. The third kappa shape index (κ3) is 8.25. The van der Waals surface area contributed by atoms with Crippen molar-refractivity contribution in [3.8, 4) is 0 Å². The minimum Gasteiger partial charge on any atom is -0.480 e. The van der Waals surface area contributed by atoms with Crippen molar-refractivity contribution in [2.45, 2.75) is 10.5 Å². The van der Waals surface area contributed by atoms with Crippen molar-refractivity contribution >= 4 is 51.2 Å². The lowest BCUT2D eigenvalue weighted by Gasteiger charge is -2.10. The quantitative estimate of drug-likeness (QED) is 0.428. The predicted molar refractivity (Wildman–Crippen MR) is 81.1 cm³/mol. The largest absolute Gasteiger partial charge is 0.480 e. The fourth-order valence-electron chi connectivity index (χ4n) is 0.634. The van der Waals surface area contributed by atoms with Gasteiger partial charge in [0.15, 0.2) is 0 Å². The minimum absolute atomic E-state index is 0. The van der Waals surface area contributed by atoms with Gasteiger partial charge in [0.1, 0.15) is 14.0 Å². The monoisotopic (exact) mass is 312 g/mol. The topological polar surface area (TPSA) is 145 Å². The van der Waals surface area contributed by atoms with E-state index in [1.165, 1.54) is 12.2 Å². The van der Waals surface area contributed by atoms with Crippen molar-refractivity contribution in [2.75, 3.05) is 0 Å². The molecule has 0 heterocycles. The second kappa shape index (κ2) is 11.2. The second-order valence-electron chi connectivity index (χ2n) is 2.47. The molecule has 6 nitrogen and oxygen atoms in total. The van der Waals surface area contributed by atoms with Crippen molar-refractivity contribution in [2.24, 2.45) is 0 Å². The molecule has 0 rings (SSSR count). The highest BCUT2D eigenvalue weighted by atomic mass is 32.2. The summed E-state index contributed by atoms with van der Waals surface area (Å²) in [5.74, 6) is -2.12. The number of carboxylic acid groups (broad SMARTS) is 2. The third-order valence-electron chi connectivity index (χ3n) is 1.36. The lowest BCUT2D eigenvalue weighted by Crippen LogP contribution is -2.17. The van der Waals surface area contributed by atoms with Crippen LogP contribution in [0.2, 0.25) is 0 Å². The average molecular weight is 312 g/mol. The van der Waals surface area contributed by atoms with Gasteiger partial charge in [0, 0.05) is 0 Å². The molecule has 2 atom stereocenters. The maximum Gasteiger partial charge on any atom is 0.320 e. The van der Waals surface area contributed by atoms with Gasteiger partial charge >= 0.3 is 11.9 Å². The Kier molecular flexibility index (Phi) is 13.9. The first-order valence-corrected chi connectivity index (χ1v) is 6.17. The van der Waals surface area contributed by atoms with E-state index < -0.39 is 22.4 Å². The van der Waals surface area contributed by atoms with Gasteiger partial charge in [-0.25, -0.2) is 0 Å². The zero-order chi connectivity index (χ0) is 12.7. The number of thiocarbonyl (C=S) groups is 1. The molecule has 0 bridgehead atoms. The van der Waals surface area contributed by atoms with E-state index in [0.29, 0.717) is 0 Å². The zero-order valence-corrected chi connectivity index (χ0v) is 12.0. The van der Waals surface area contributed by atoms with Gasteiger partial charge < -0.3 is 22.5 Å². The molecule has 0 amide bonds. The summed E-state index contributed by atoms with van der Waals surface area (Å²) in [5, 5.41) is 15.7. The smallest absolute Gasteiger partial charge is 0.320 e. The Balaban J connectivity index is -0.00000112. The SMILES string of the molecule is C=CC(SC(=S)SC(C=C)C(=O)O)C(=O)O.N.N. The second-order valence-corrected chi connectivity index (χ2v) is 5.96. The molecule has 9 heteroatoms. The summed E-state index contributed by atoms with van der Waals surface area (Å²) in [6.07, 6.45) is 2.48. The summed E-state index contributed by atoms with van der Waals surface area (Å²) in [4.78, 5) is 21.3. The molecular weight excluding hydrogens is 296 g/mol. The van der Waals surface area contributed by atoms with Gasteiger partial charge in [-0.3, -0.25) is 9.59 Å². The molecule has 0 fully saturated rings.